The second kappa shape index (κ2) is 5.72. The molecule has 8 nitrogen and oxygen atoms in total. The topological polar surface area (TPSA) is 102 Å². The van der Waals surface area contributed by atoms with Gasteiger partial charge < -0.3 is 4.74 Å². The Morgan fingerprint density at radius 2 is 1.81 bits per heavy atom. The molecule has 0 saturated carbocycles. The summed E-state index contributed by atoms with van der Waals surface area (Å²) in [4.78, 5) is 2.76. The predicted octanol–water partition coefficient (Wildman–Crippen LogP) is 3.40. The van der Waals surface area contributed by atoms with E-state index in [0.717, 1.165) is 5.69 Å². The van der Waals surface area contributed by atoms with Crippen LogP contribution in [0, 0.1) is 0 Å². The van der Waals surface area contributed by atoms with Crippen LogP contribution in [0.4, 0.5) is 5.69 Å². The molecule has 0 bridgehead atoms. The van der Waals surface area contributed by atoms with E-state index >= 15 is 0 Å². The molecule has 0 spiro atoms. The van der Waals surface area contributed by atoms with E-state index < -0.39 is 0 Å². The minimum Gasteiger partial charge on any atom is -0.423 e. The molecule has 1 aromatic heterocycles. The van der Waals surface area contributed by atoms with Crippen LogP contribution in [0.5, 0.6) is 11.8 Å². The molecule has 3 aromatic rings. The van der Waals surface area contributed by atoms with Crippen LogP contribution in [0.2, 0.25) is 0 Å². The summed E-state index contributed by atoms with van der Waals surface area (Å²) in [5.41, 5.74) is 9.69. The van der Waals surface area contributed by atoms with Crippen molar-refractivity contribution in [2.45, 2.75) is 0 Å². The highest BCUT2D eigenvalue weighted by molar-refractivity contribution is 5.52. The Kier molecular flexibility index (Phi) is 3.45. The van der Waals surface area contributed by atoms with Crippen LogP contribution >= 0.6 is 0 Å². The summed E-state index contributed by atoms with van der Waals surface area (Å²) in [7, 11) is 0. The maximum absolute atomic E-state index is 8.56. The Balaban J connectivity index is 1.97. The SMILES string of the molecule is [N-]=[N+]=Nc1ccccc1Oc1nnnn1-c1ccccc1. The predicted molar refractivity (Wildman–Crippen MR) is 74.5 cm³/mol. The van der Waals surface area contributed by atoms with Crippen molar-refractivity contribution in [1.82, 2.24) is 20.2 Å². The van der Waals surface area contributed by atoms with Gasteiger partial charge in [0.15, 0.2) is 0 Å². The highest BCUT2D eigenvalue weighted by Gasteiger charge is 2.12. The van der Waals surface area contributed by atoms with Gasteiger partial charge in [-0.2, -0.15) is 4.68 Å². The summed E-state index contributed by atoms with van der Waals surface area (Å²) in [6.45, 7) is 0. The molecule has 2 aromatic carbocycles. The number of hydrogen-bond acceptors (Lipinski definition) is 5. The van der Waals surface area contributed by atoms with Crippen molar-refractivity contribution in [2.75, 3.05) is 0 Å². The standard InChI is InChI=1S/C13H9N7O/c14-17-15-11-8-4-5-9-12(11)21-13-16-18-19-20(13)10-6-2-1-3-7-10/h1-9H. The van der Waals surface area contributed by atoms with Crippen molar-refractivity contribution < 1.29 is 4.74 Å². The Bertz CT molecular complexity index is 793. The van der Waals surface area contributed by atoms with Crippen molar-refractivity contribution in [3.05, 3.63) is 65.0 Å². The maximum atomic E-state index is 8.56. The first-order valence-electron chi connectivity index (χ1n) is 6.04. The molecular formula is C13H9N7O. The Morgan fingerprint density at radius 3 is 2.62 bits per heavy atom. The third kappa shape index (κ3) is 2.65. The van der Waals surface area contributed by atoms with Gasteiger partial charge in [0.2, 0.25) is 0 Å². The van der Waals surface area contributed by atoms with Crippen LogP contribution in [0.3, 0.4) is 0 Å². The fourth-order valence-corrected chi connectivity index (χ4v) is 1.75. The number of hydrogen-bond donors (Lipinski definition) is 0. The van der Waals surface area contributed by atoms with Gasteiger partial charge in [-0.05, 0) is 40.2 Å². The number of tetrazole rings is 1. The van der Waals surface area contributed by atoms with Crippen LogP contribution in [0.15, 0.2) is 59.7 Å². The molecule has 1 heterocycles. The third-order valence-corrected chi connectivity index (χ3v) is 2.66. The van der Waals surface area contributed by atoms with Gasteiger partial charge in [0.05, 0.1) is 11.4 Å². The number of para-hydroxylation sites is 2. The van der Waals surface area contributed by atoms with Gasteiger partial charge in [-0.25, -0.2) is 0 Å². The van der Waals surface area contributed by atoms with Crippen molar-refractivity contribution >= 4 is 5.69 Å². The highest BCUT2D eigenvalue weighted by atomic mass is 16.5. The van der Waals surface area contributed by atoms with Crippen LogP contribution in [0.25, 0.3) is 16.1 Å². The average molecular weight is 279 g/mol. The summed E-state index contributed by atoms with van der Waals surface area (Å²) < 4.78 is 7.10. The molecular weight excluding hydrogens is 270 g/mol. The van der Waals surface area contributed by atoms with E-state index in [2.05, 4.69) is 25.6 Å². The first-order chi connectivity index (χ1) is 10.4. The van der Waals surface area contributed by atoms with Crippen molar-refractivity contribution in [3.63, 3.8) is 0 Å². The molecule has 0 saturated heterocycles. The van der Waals surface area contributed by atoms with Gasteiger partial charge >= 0.3 is 6.01 Å². The van der Waals surface area contributed by atoms with Crippen LogP contribution < -0.4 is 4.74 Å². The lowest BCUT2D eigenvalue weighted by atomic mass is 10.3. The van der Waals surface area contributed by atoms with Crippen LogP contribution in [0.1, 0.15) is 0 Å². The van der Waals surface area contributed by atoms with Crippen molar-refractivity contribution in [1.29, 1.82) is 0 Å². The largest absolute Gasteiger partial charge is 0.423 e. The second-order valence-electron chi connectivity index (χ2n) is 3.97. The summed E-state index contributed by atoms with van der Waals surface area (Å²) in [6, 6.07) is 16.3. The molecule has 8 heteroatoms. The first-order valence-corrected chi connectivity index (χ1v) is 6.04. The molecule has 0 fully saturated rings. The molecule has 0 unspecified atom stereocenters. The molecule has 21 heavy (non-hydrogen) atoms. The molecule has 0 aliphatic rings. The first kappa shape index (κ1) is 12.6. The van der Waals surface area contributed by atoms with E-state index in [9.17, 15) is 0 Å². The normalized spacial score (nSPS) is 9.90. The van der Waals surface area contributed by atoms with Gasteiger partial charge in [-0.3, -0.25) is 0 Å². The third-order valence-electron chi connectivity index (χ3n) is 2.66. The second-order valence-corrected chi connectivity index (χ2v) is 3.97. The Morgan fingerprint density at radius 1 is 1.05 bits per heavy atom. The van der Waals surface area contributed by atoms with E-state index in [4.69, 9.17) is 10.3 Å². The zero-order valence-corrected chi connectivity index (χ0v) is 10.7. The van der Waals surface area contributed by atoms with E-state index in [1.165, 1.54) is 4.68 Å². The van der Waals surface area contributed by atoms with E-state index in [0.29, 0.717) is 11.4 Å². The number of azide groups is 1. The van der Waals surface area contributed by atoms with Gasteiger partial charge in [0.1, 0.15) is 5.75 Å². The smallest absolute Gasteiger partial charge is 0.345 e. The maximum Gasteiger partial charge on any atom is 0.345 e. The zero-order chi connectivity index (χ0) is 14.5. The van der Waals surface area contributed by atoms with Gasteiger partial charge in [-0.15, -0.1) is 0 Å². The molecule has 0 aliphatic heterocycles. The number of aromatic nitrogens is 4. The van der Waals surface area contributed by atoms with Crippen LogP contribution in [-0.4, -0.2) is 20.2 Å². The fourth-order valence-electron chi connectivity index (χ4n) is 1.75. The minimum atomic E-state index is 0.182. The molecule has 0 radical (unpaired) electrons. The van der Waals surface area contributed by atoms with E-state index in [1.807, 2.05) is 30.3 Å². The number of ether oxygens (including phenoxy) is 1. The lowest BCUT2D eigenvalue weighted by molar-refractivity contribution is 0.428. The Hall–Kier alpha value is -3.38. The van der Waals surface area contributed by atoms with Gasteiger partial charge in [-0.1, -0.05) is 40.5 Å². The molecule has 3 rings (SSSR count). The van der Waals surface area contributed by atoms with Gasteiger partial charge in [0, 0.05) is 4.91 Å². The number of rotatable bonds is 4. The molecule has 0 amide bonds. The van der Waals surface area contributed by atoms with Crippen LogP contribution in [-0.2, 0) is 0 Å². The molecule has 0 aliphatic carbocycles. The minimum absolute atomic E-state index is 0.182. The van der Waals surface area contributed by atoms with Crippen molar-refractivity contribution in [3.8, 4) is 17.4 Å². The summed E-state index contributed by atoms with van der Waals surface area (Å²) in [6.07, 6.45) is 0. The monoisotopic (exact) mass is 279 g/mol. The molecule has 102 valence electrons. The Labute approximate surface area is 119 Å². The zero-order valence-electron chi connectivity index (χ0n) is 10.7. The molecule has 0 N–H and O–H groups in total. The van der Waals surface area contributed by atoms with E-state index in [1.54, 1.807) is 24.3 Å². The van der Waals surface area contributed by atoms with E-state index in [-0.39, 0.29) is 6.01 Å². The highest BCUT2D eigenvalue weighted by Crippen LogP contribution is 2.31. The fraction of sp³-hybridized carbons (Fsp3) is 0. The summed E-state index contributed by atoms with van der Waals surface area (Å²) in [5, 5.41) is 14.9. The molecule has 0 atom stereocenters. The lowest BCUT2D eigenvalue weighted by Gasteiger charge is -2.07. The number of nitrogens with zero attached hydrogens (tertiary/aromatic N) is 7. The van der Waals surface area contributed by atoms with Gasteiger partial charge in [0.25, 0.3) is 0 Å². The summed E-state index contributed by atoms with van der Waals surface area (Å²) in [5.74, 6) is 0.377. The van der Waals surface area contributed by atoms with Crippen molar-refractivity contribution in [2.24, 2.45) is 5.11 Å². The lowest BCUT2D eigenvalue weighted by Crippen LogP contribution is -2.00. The number of benzene rings is 2. The summed E-state index contributed by atoms with van der Waals surface area (Å²) >= 11 is 0. The quantitative estimate of drug-likeness (QED) is 0.415. The average Bonchev–Trinajstić information content (AvgIpc) is 2.99.